The highest BCUT2D eigenvalue weighted by Gasteiger charge is 2.10. The maximum Gasteiger partial charge on any atom is 0.166 e. The van der Waals surface area contributed by atoms with E-state index in [0.29, 0.717) is 23.0 Å². The normalized spacial score (nSPS) is 12.2. The lowest BCUT2D eigenvalue weighted by Gasteiger charge is -2.14. The van der Waals surface area contributed by atoms with Crippen molar-refractivity contribution in [3.05, 3.63) is 53.1 Å². The van der Waals surface area contributed by atoms with Crippen molar-refractivity contribution in [3.63, 3.8) is 0 Å². The third-order valence-corrected chi connectivity index (χ3v) is 2.85. The molecule has 1 atom stereocenters. The maximum absolute atomic E-state index is 6.17. The van der Waals surface area contributed by atoms with Crippen molar-refractivity contribution in [2.75, 3.05) is 0 Å². The van der Waals surface area contributed by atoms with E-state index in [9.17, 15) is 0 Å². The van der Waals surface area contributed by atoms with Crippen molar-refractivity contribution in [1.29, 1.82) is 0 Å². The summed E-state index contributed by atoms with van der Waals surface area (Å²) in [5, 5.41) is 0.578. The maximum atomic E-state index is 6.17. The molecule has 0 radical (unpaired) electrons. The monoisotopic (exact) mass is 277 g/mol. The zero-order chi connectivity index (χ0) is 13.7. The van der Waals surface area contributed by atoms with E-state index < -0.39 is 0 Å². The van der Waals surface area contributed by atoms with Gasteiger partial charge in [0.1, 0.15) is 12.4 Å². The molecule has 100 valence electrons. The molecule has 1 aromatic carbocycles. The summed E-state index contributed by atoms with van der Waals surface area (Å²) in [6.07, 6.45) is 4.08. The first-order valence-corrected chi connectivity index (χ1v) is 6.46. The third kappa shape index (κ3) is 3.91. The highest BCUT2D eigenvalue weighted by molar-refractivity contribution is 6.32. The van der Waals surface area contributed by atoms with Gasteiger partial charge in [-0.05, 0) is 31.0 Å². The second-order valence-corrected chi connectivity index (χ2v) is 4.77. The Hall–Kier alpha value is -1.65. The van der Waals surface area contributed by atoms with Crippen molar-refractivity contribution in [2.24, 2.45) is 5.73 Å². The quantitative estimate of drug-likeness (QED) is 0.912. The fraction of sp³-hybridized carbons (Fsp3) is 0.286. The smallest absolute Gasteiger partial charge is 0.166 e. The third-order valence-electron chi connectivity index (χ3n) is 2.56. The van der Waals surface area contributed by atoms with Crippen LogP contribution in [-0.4, -0.2) is 16.0 Å². The number of hydrogen-bond donors (Lipinski definition) is 1. The summed E-state index contributed by atoms with van der Waals surface area (Å²) in [4.78, 5) is 8.22. The Morgan fingerprint density at radius 2 is 2.00 bits per heavy atom. The lowest BCUT2D eigenvalue weighted by molar-refractivity contribution is 0.292. The van der Waals surface area contributed by atoms with E-state index in [1.54, 1.807) is 24.5 Å². The molecular formula is C14H16ClN3O. The molecule has 0 bridgehead atoms. The van der Waals surface area contributed by atoms with Gasteiger partial charge in [0.2, 0.25) is 0 Å². The van der Waals surface area contributed by atoms with Crippen molar-refractivity contribution < 1.29 is 4.74 Å². The fourth-order valence-electron chi connectivity index (χ4n) is 1.76. The van der Waals surface area contributed by atoms with Gasteiger partial charge in [0.15, 0.2) is 5.82 Å². The zero-order valence-electron chi connectivity index (χ0n) is 10.7. The molecule has 0 aliphatic carbocycles. The summed E-state index contributed by atoms with van der Waals surface area (Å²) in [5.74, 6) is 1.28. The molecule has 0 saturated heterocycles. The predicted octanol–water partition coefficient (Wildman–Crippen LogP) is 2.60. The summed E-state index contributed by atoms with van der Waals surface area (Å²) in [6, 6.07) is 7.48. The van der Waals surface area contributed by atoms with Crippen LogP contribution in [0.4, 0.5) is 0 Å². The average molecular weight is 278 g/mol. The first kappa shape index (κ1) is 13.8. The number of benzene rings is 1. The van der Waals surface area contributed by atoms with E-state index in [1.807, 2.05) is 19.1 Å². The van der Waals surface area contributed by atoms with E-state index in [0.717, 1.165) is 5.56 Å². The molecule has 0 spiro atoms. The first-order valence-electron chi connectivity index (χ1n) is 6.08. The number of para-hydroxylation sites is 1. The predicted molar refractivity (Wildman–Crippen MR) is 75.2 cm³/mol. The minimum absolute atomic E-state index is 0.0498. The van der Waals surface area contributed by atoms with Gasteiger partial charge in [-0.1, -0.05) is 23.7 Å². The molecule has 0 fully saturated rings. The summed E-state index contributed by atoms with van der Waals surface area (Å²) >= 11 is 6.17. The van der Waals surface area contributed by atoms with Crippen molar-refractivity contribution in [3.8, 4) is 5.75 Å². The second-order valence-electron chi connectivity index (χ2n) is 4.36. The molecule has 0 aliphatic rings. The minimum atomic E-state index is 0.0498. The van der Waals surface area contributed by atoms with Crippen LogP contribution in [0.15, 0.2) is 36.7 Å². The van der Waals surface area contributed by atoms with Gasteiger partial charge in [0, 0.05) is 18.4 Å². The standard InChI is InChI=1S/C14H16ClN3O/c1-10(16)8-11-4-2-5-12(15)14(11)19-9-13-17-6-3-7-18-13/h2-7,10H,8-9,16H2,1H3. The lowest BCUT2D eigenvalue weighted by atomic mass is 10.1. The van der Waals surface area contributed by atoms with Crippen molar-refractivity contribution >= 4 is 11.6 Å². The van der Waals surface area contributed by atoms with Crippen molar-refractivity contribution in [1.82, 2.24) is 9.97 Å². The summed E-state index contributed by atoms with van der Waals surface area (Å²) < 4.78 is 5.74. The van der Waals surface area contributed by atoms with E-state index in [2.05, 4.69) is 9.97 Å². The number of hydrogen-bond acceptors (Lipinski definition) is 4. The van der Waals surface area contributed by atoms with Gasteiger partial charge in [-0.25, -0.2) is 9.97 Å². The van der Waals surface area contributed by atoms with E-state index in [4.69, 9.17) is 22.1 Å². The Morgan fingerprint density at radius 3 is 2.68 bits per heavy atom. The Bertz CT molecular complexity index is 531. The number of nitrogens with zero attached hydrogens (tertiary/aromatic N) is 2. The molecule has 1 aromatic heterocycles. The van der Waals surface area contributed by atoms with Gasteiger partial charge in [0.05, 0.1) is 5.02 Å². The van der Waals surface area contributed by atoms with Crippen LogP contribution < -0.4 is 10.5 Å². The summed E-state index contributed by atoms with van der Waals surface area (Å²) in [7, 11) is 0. The van der Waals surface area contributed by atoms with Crippen molar-refractivity contribution in [2.45, 2.75) is 26.0 Å². The Kier molecular flexibility index (Phi) is 4.71. The second kappa shape index (κ2) is 6.50. The summed E-state index contributed by atoms with van der Waals surface area (Å²) in [6.45, 7) is 2.24. The van der Waals surface area contributed by atoms with Gasteiger partial charge < -0.3 is 10.5 Å². The SMILES string of the molecule is CC(N)Cc1cccc(Cl)c1OCc1ncccn1. The summed E-state index contributed by atoms with van der Waals surface area (Å²) in [5.41, 5.74) is 6.83. The molecule has 2 N–H and O–H groups in total. The highest BCUT2D eigenvalue weighted by Crippen LogP contribution is 2.29. The van der Waals surface area contributed by atoms with E-state index in [-0.39, 0.29) is 12.6 Å². The van der Waals surface area contributed by atoms with Crippen LogP contribution in [-0.2, 0) is 13.0 Å². The molecule has 2 aromatic rings. The largest absolute Gasteiger partial charge is 0.484 e. The molecular weight excluding hydrogens is 262 g/mol. The Morgan fingerprint density at radius 1 is 1.26 bits per heavy atom. The minimum Gasteiger partial charge on any atom is -0.484 e. The molecule has 2 rings (SSSR count). The molecule has 0 aliphatic heterocycles. The van der Waals surface area contributed by atoms with Crippen LogP contribution in [0.25, 0.3) is 0 Å². The Balaban J connectivity index is 2.14. The van der Waals surface area contributed by atoms with Crippen LogP contribution in [0.2, 0.25) is 5.02 Å². The van der Waals surface area contributed by atoms with E-state index in [1.165, 1.54) is 0 Å². The van der Waals surface area contributed by atoms with Gasteiger partial charge in [0.25, 0.3) is 0 Å². The molecule has 0 amide bonds. The van der Waals surface area contributed by atoms with Crippen LogP contribution in [0.3, 0.4) is 0 Å². The zero-order valence-corrected chi connectivity index (χ0v) is 11.5. The first-order chi connectivity index (χ1) is 9.16. The highest BCUT2D eigenvalue weighted by atomic mass is 35.5. The van der Waals surface area contributed by atoms with Crippen LogP contribution >= 0.6 is 11.6 Å². The molecule has 5 heteroatoms. The van der Waals surface area contributed by atoms with Gasteiger partial charge in [-0.2, -0.15) is 0 Å². The molecule has 19 heavy (non-hydrogen) atoms. The molecule has 4 nitrogen and oxygen atoms in total. The number of ether oxygens (including phenoxy) is 1. The van der Waals surface area contributed by atoms with Crippen LogP contribution in [0.1, 0.15) is 18.3 Å². The number of halogens is 1. The van der Waals surface area contributed by atoms with Crippen LogP contribution in [0.5, 0.6) is 5.75 Å². The van der Waals surface area contributed by atoms with Crippen LogP contribution in [0, 0.1) is 0 Å². The van der Waals surface area contributed by atoms with Gasteiger partial charge in [-0.15, -0.1) is 0 Å². The number of nitrogens with two attached hydrogens (primary N) is 1. The molecule has 1 heterocycles. The Labute approximate surface area is 117 Å². The number of rotatable bonds is 5. The van der Waals surface area contributed by atoms with E-state index >= 15 is 0 Å². The fourth-order valence-corrected chi connectivity index (χ4v) is 2.01. The number of aromatic nitrogens is 2. The lowest BCUT2D eigenvalue weighted by Crippen LogP contribution is -2.18. The van der Waals surface area contributed by atoms with Gasteiger partial charge in [-0.3, -0.25) is 0 Å². The van der Waals surface area contributed by atoms with Gasteiger partial charge >= 0.3 is 0 Å². The molecule has 0 saturated carbocycles. The topological polar surface area (TPSA) is 61.0 Å². The average Bonchev–Trinajstić information content (AvgIpc) is 2.38. The molecule has 1 unspecified atom stereocenters.